The van der Waals surface area contributed by atoms with Crippen molar-refractivity contribution in [2.45, 2.75) is 13.0 Å². The molecule has 0 amide bonds. The van der Waals surface area contributed by atoms with E-state index in [0.29, 0.717) is 5.02 Å². The molecule has 0 saturated carbocycles. The van der Waals surface area contributed by atoms with Gasteiger partial charge in [0.15, 0.2) is 0 Å². The van der Waals surface area contributed by atoms with Crippen molar-refractivity contribution >= 4 is 17.8 Å². The second kappa shape index (κ2) is 7.01. The molecule has 0 aliphatic rings. The summed E-state index contributed by atoms with van der Waals surface area (Å²) in [6, 6.07) is 13.1. The summed E-state index contributed by atoms with van der Waals surface area (Å²) in [5.74, 6) is 0. The molecule has 0 atom stereocenters. The lowest BCUT2D eigenvalue weighted by Crippen LogP contribution is -1.90. The Morgan fingerprint density at radius 2 is 1.90 bits per heavy atom. The van der Waals surface area contributed by atoms with Crippen LogP contribution in [0.2, 0.25) is 5.02 Å². The van der Waals surface area contributed by atoms with Crippen molar-refractivity contribution in [2.24, 2.45) is 5.16 Å². The Bertz CT molecular complexity index is 585. The second-order valence-corrected chi connectivity index (χ2v) is 4.54. The van der Waals surface area contributed by atoms with Gasteiger partial charge in [-0.1, -0.05) is 53.2 Å². The van der Waals surface area contributed by atoms with Crippen LogP contribution in [0.1, 0.15) is 23.1 Å². The Balaban J connectivity index is 1.86. The highest BCUT2D eigenvalue weighted by molar-refractivity contribution is 6.30. The first kappa shape index (κ1) is 14.5. The van der Waals surface area contributed by atoms with Gasteiger partial charge in [0.2, 0.25) is 0 Å². The van der Waals surface area contributed by atoms with E-state index in [1.165, 1.54) is 12.1 Å². The summed E-state index contributed by atoms with van der Waals surface area (Å²) in [4.78, 5) is 5.10. The summed E-state index contributed by atoms with van der Waals surface area (Å²) in [6.07, 6.45) is -0.912. The van der Waals surface area contributed by atoms with Crippen molar-refractivity contribution in [1.29, 1.82) is 0 Å². The van der Waals surface area contributed by atoms with Crippen molar-refractivity contribution < 1.29 is 13.6 Å². The molecule has 0 radical (unpaired) electrons. The third-order valence-corrected chi connectivity index (χ3v) is 2.82. The fourth-order valence-electron chi connectivity index (χ4n) is 1.56. The third kappa shape index (κ3) is 4.31. The van der Waals surface area contributed by atoms with Crippen LogP contribution >= 0.6 is 11.6 Å². The smallest absolute Gasteiger partial charge is 0.263 e. The van der Waals surface area contributed by atoms with Gasteiger partial charge < -0.3 is 4.84 Å². The van der Waals surface area contributed by atoms with E-state index in [2.05, 4.69) is 5.16 Å². The van der Waals surface area contributed by atoms with E-state index in [4.69, 9.17) is 16.4 Å². The number of benzene rings is 2. The highest BCUT2D eigenvalue weighted by atomic mass is 35.5. The Morgan fingerprint density at radius 1 is 1.15 bits per heavy atom. The number of hydrogen-bond donors (Lipinski definition) is 0. The number of oxime groups is 1. The lowest BCUT2D eigenvalue weighted by atomic mass is 10.1. The van der Waals surface area contributed by atoms with Gasteiger partial charge in [-0.3, -0.25) is 0 Å². The van der Waals surface area contributed by atoms with Crippen LogP contribution in [0.4, 0.5) is 8.78 Å². The zero-order valence-electron chi connectivity index (χ0n) is 10.5. The molecule has 20 heavy (non-hydrogen) atoms. The molecule has 0 N–H and O–H groups in total. The topological polar surface area (TPSA) is 21.6 Å². The number of rotatable bonds is 5. The van der Waals surface area contributed by atoms with Crippen LogP contribution in [0.25, 0.3) is 0 Å². The molecule has 0 saturated heterocycles. The fraction of sp³-hybridized carbons (Fsp3) is 0.133. The fourth-order valence-corrected chi connectivity index (χ4v) is 1.75. The minimum absolute atomic E-state index is 0.00354. The molecule has 0 aliphatic heterocycles. The van der Waals surface area contributed by atoms with Gasteiger partial charge in [-0.05, 0) is 23.3 Å². The molecule has 0 heterocycles. The molecule has 2 nitrogen and oxygen atoms in total. The zero-order valence-corrected chi connectivity index (χ0v) is 11.2. The summed E-state index contributed by atoms with van der Waals surface area (Å²) in [7, 11) is 0. The zero-order chi connectivity index (χ0) is 14.4. The summed E-state index contributed by atoms with van der Waals surface area (Å²) in [5, 5.41) is 4.43. The van der Waals surface area contributed by atoms with Gasteiger partial charge >= 0.3 is 0 Å². The van der Waals surface area contributed by atoms with Crippen LogP contribution in [0.3, 0.4) is 0 Å². The average Bonchev–Trinajstić information content (AvgIpc) is 2.44. The van der Waals surface area contributed by atoms with Crippen LogP contribution in [0, 0.1) is 0 Å². The first-order chi connectivity index (χ1) is 9.65. The van der Waals surface area contributed by atoms with E-state index in [1.54, 1.807) is 30.5 Å². The van der Waals surface area contributed by atoms with Crippen LogP contribution in [-0.4, -0.2) is 6.21 Å². The number of hydrogen-bond acceptors (Lipinski definition) is 2. The lowest BCUT2D eigenvalue weighted by Gasteiger charge is -2.02. The quantitative estimate of drug-likeness (QED) is 0.572. The van der Waals surface area contributed by atoms with E-state index >= 15 is 0 Å². The van der Waals surface area contributed by atoms with Gasteiger partial charge in [0, 0.05) is 10.6 Å². The first-order valence-electron chi connectivity index (χ1n) is 5.93. The molecule has 2 rings (SSSR count). The monoisotopic (exact) mass is 295 g/mol. The molecule has 0 unspecified atom stereocenters. The molecule has 104 valence electrons. The first-order valence-corrected chi connectivity index (χ1v) is 6.31. The molecular weight excluding hydrogens is 284 g/mol. The molecule has 0 fully saturated rings. The minimum Gasteiger partial charge on any atom is -0.391 e. The largest absolute Gasteiger partial charge is 0.391 e. The maximum Gasteiger partial charge on any atom is 0.263 e. The van der Waals surface area contributed by atoms with Crippen LogP contribution < -0.4 is 0 Å². The lowest BCUT2D eigenvalue weighted by molar-refractivity contribution is 0.131. The molecule has 2 aromatic rings. The summed E-state index contributed by atoms with van der Waals surface area (Å²) < 4.78 is 24.7. The van der Waals surface area contributed by atoms with E-state index in [9.17, 15) is 8.78 Å². The number of nitrogens with zero attached hydrogens (tertiary/aromatic N) is 1. The molecule has 0 aliphatic carbocycles. The Morgan fingerprint density at radius 3 is 2.55 bits per heavy atom. The van der Waals surface area contributed by atoms with Gasteiger partial charge in [0.05, 0.1) is 6.21 Å². The normalized spacial score (nSPS) is 11.2. The highest BCUT2D eigenvalue weighted by Crippen LogP contribution is 2.18. The van der Waals surface area contributed by atoms with E-state index < -0.39 is 6.43 Å². The van der Waals surface area contributed by atoms with Gasteiger partial charge in [-0.25, -0.2) is 8.78 Å². The van der Waals surface area contributed by atoms with Crippen LogP contribution in [0.5, 0.6) is 0 Å². The van der Waals surface area contributed by atoms with E-state index in [0.717, 1.165) is 11.1 Å². The average molecular weight is 296 g/mol. The second-order valence-electron chi connectivity index (χ2n) is 4.11. The SMILES string of the molecule is FC(F)c1ccc(CON=Cc2cccc(Cl)c2)cc1. The number of halogens is 3. The van der Waals surface area contributed by atoms with Crippen LogP contribution in [-0.2, 0) is 11.4 Å². The van der Waals surface area contributed by atoms with Gasteiger partial charge in [-0.15, -0.1) is 0 Å². The molecule has 2 aromatic carbocycles. The third-order valence-electron chi connectivity index (χ3n) is 2.59. The van der Waals surface area contributed by atoms with Crippen molar-refractivity contribution in [1.82, 2.24) is 0 Å². The summed E-state index contributed by atoms with van der Waals surface area (Å²) >= 11 is 5.83. The van der Waals surface area contributed by atoms with E-state index in [1.807, 2.05) is 12.1 Å². The summed E-state index contributed by atoms with van der Waals surface area (Å²) in [5.41, 5.74) is 1.60. The minimum atomic E-state index is -2.45. The molecule has 0 aromatic heterocycles. The number of alkyl halides is 2. The van der Waals surface area contributed by atoms with Gasteiger partial charge in [0.1, 0.15) is 6.61 Å². The molecule has 0 bridgehead atoms. The van der Waals surface area contributed by atoms with Gasteiger partial charge in [0.25, 0.3) is 6.43 Å². The van der Waals surface area contributed by atoms with E-state index in [-0.39, 0.29) is 12.2 Å². The standard InChI is InChI=1S/C15H12ClF2NO/c16-14-3-1-2-12(8-14)9-19-20-10-11-4-6-13(7-5-11)15(17)18/h1-9,15H,10H2. The van der Waals surface area contributed by atoms with Crippen molar-refractivity contribution in [3.63, 3.8) is 0 Å². The van der Waals surface area contributed by atoms with Crippen molar-refractivity contribution in [3.8, 4) is 0 Å². The van der Waals surface area contributed by atoms with Crippen molar-refractivity contribution in [2.75, 3.05) is 0 Å². The Kier molecular flexibility index (Phi) is 5.07. The van der Waals surface area contributed by atoms with Crippen LogP contribution in [0.15, 0.2) is 53.7 Å². The maximum absolute atomic E-state index is 12.4. The Labute approximate surface area is 120 Å². The highest BCUT2D eigenvalue weighted by Gasteiger charge is 2.05. The summed E-state index contributed by atoms with van der Waals surface area (Å²) in [6.45, 7) is 0.223. The predicted molar refractivity (Wildman–Crippen MR) is 75.2 cm³/mol. The predicted octanol–water partition coefficient (Wildman–Crippen LogP) is 4.83. The Hall–Kier alpha value is -1.94. The maximum atomic E-state index is 12.4. The van der Waals surface area contributed by atoms with Gasteiger partial charge in [-0.2, -0.15) is 0 Å². The molecular formula is C15H12ClF2NO. The van der Waals surface area contributed by atoms with Crippen molar-refractivity contribution in [3.05, 3.63) is 70.2 Å². The molecule has 0 spiro atoms. The molecule has 5 heteroatoms.